The van der Waals surface area contributed by atoms with Gasteiger partial charge in [0.25, 0.3) is 0 Å². The largest absolute Gasteiger partial charge is 0.481 e. The van der Waals surface area contributed by atoms with E-state index in [9.17, 15) is 19.5 Å². The van der Waals surface area contributed by atoms with Crippen LogP contribution in [0.25, 0.3) is 11.1 Å². The number of carboxylic acid groups (broad SMARTS) is 1. The maximum atomic E-state index is 12.5. The molecule has 0 aromatic heterocycles. The van der Waals surface area contributed by atoms with Crippen LogP contribution in [0.1, 0.15) is 62.5 Å². The van der Waals surface area contributed by atoms with E-state index in [0.717, 1.165) is 12.8 Å². The van der Waals surface area contributed by atoms with Gasteiger partial charge in [0, 0.05) is 24.4 Å². The summed E-state index contributed by atoms with van der Waals surface area (Å²) >= 11 is 0. The summed E-state index contributed by atoms with van der Waals surface area (Å²) in [6, 6.07) is 16.4. The number of benzene rings is 2. The number of alkyl carbamates (subject to hydrolysis) is 1. The summed E-state index contributed by atoms with van der Waals surface area (Å²) in [5.74, 6) is -1.38. The number of fused-ring (bicyclic) bond motifs is 3. The van der Waals surface area contributed by atoms with Gasteiger partial charge >= 0.3 is 12.1 Å². The second-order valence-corrected chi connectivity index (χ2v) is 9.70. The fourth-order valence-corrected chi connectivity index (χ4v) is 5.27. The van der Waals surface area contributed by atoms with Crippen molar-refractivity contribution in [1.82, 2.24) is 10.6 Å². The van der Waals surface area contributed by atoms with Crippen LogP contribution in [0, 0.1) is 11.8 Å². The van der Waals surface area contributed by atoms with Crippen molar-refractivity contribution in [3.8, 4) is 11.1 Å². The molecule has 0 bridgehead atoms. The van der Waals surface area contributed by atoms with Gasteiger partial charge in [0.15, 0.2) is 0 Å². The molecule has 3 unspecified atom stereocenters. The Hall–Kier alpha value is -3.35. The lowest BCUT2D eigenvalue weighted by Gasteiger charge is -2.28. The zero-order valence-electron chi connectivity index (χ0n) is 20.2. The van der Waals surface area contributed by atoms with Gasteiger partial charge in [-0.1, -0.05) is 61.9 Å². The number of hydrogen-bond donors (Lipinski definition) is 3. The highest BCUT2D eigenvalue weighted by Crippen LogP contribution is 2.44. The Morgan fingerprint density at radius 2 is 1.69 bits per heavy atom. The van der Waals surface area contributed by atoms with E-state index in [1.807, 2.05) is 31.2 Å². The van der Waals surface area contributed by atoms with Crippen LogP contribution in [0.4, 0.5) is 4.79 Å². The molecule has 2 amide bonds. The smallest absolute Gasteiger partial charge is 0.407 e. The molecule has 1 fully saturated rings. The van der Waals surface area contributed by atoms with Crippen LogP contribution in [0.3, 0.4) is 0 Å². The first-order chi connectivity index (χ1) is 16.9. The summed E-state index contributed by atoms with van der Waals surface area (Å²) in [7, 11) is 0. The van der Waals surface area contributed by atoms with E-state index < -0.39 is 12.1 Å². The Morgan fingerprint density at radius 1 is 1.03 bits per heavy atom. The van der Waals surface area contributed by atoms with Crippen molar-refractivity contribution in [2.45, 2.75) is 57.4 Å². The Labute approximate surface area is 206 Å². The molecule has 2 aromatic carbocycles. The molecule has 0 heterocycles. The third kappa shape index (κ3) is 6.02. The quantitative estimate of drug-likeness (QED) is 0.453. The lowest BCUT2D eigenvalue weighted by atomic mass is 9.85. The number of carbonyl (C=O) groups excluding carboxylic acids is 2. The van der Waals surface area contributed by atoms with E-state index in [0.29, 0.717) is 32.2 Å². The third-order valence-electron chi connectivity index (χ3n) is 7.24. The van der Waals surface area contributed by atoms with Crippen molar-refractivity contribution < 1.29 is 24.2 Å². The van der Waals surface area contributed by atoms with Crippen LogP contribution >= 0.6 is 0 Å². The van der Waals surface area contributed by atoms with Crippen molar-refractivity contribution >= 4 is 18.0 Å². The maximum absolute atomic E-state index is 12.5. The number of rotatable bonds is 9. The van der Waals surface area contributed by atoms with Gasteiger partial charge in [-0.3, -0.25) is 9.59 Å². The molecule has 7 heteroatoms. The first-order valence-electron chi connectivity index (χ1n) is 12.6. The highest BCUT2D eigenvalue weighted by atomic mass is 16.5. The molecule has 3 atom stereocenters. The Morgan fingerprint density at radius 3 is 2.34 bits per heavy atom. The molecule has 0 saturated heterocycles. The van der Waals surface area contributed by atoms with Gasteiger partial charge in [-0.25, -0.2) is 4.79 Å². The van der Waals surface area contributed by atoms with Crippen LogP contribution in [-0.4, -0.2) is 42.3 Å². The van der Waals surface area contributed by atoms with E-state index in [2.05, 4.69) is 34.9 Å². The molecule has 4 rings (SSSR count). The lowest BCUT2D eigenvalue weighted by Crippen LogP contribution is -2.42. The molecule has 3 N–H and O–H groups in total. The molecule has 2 aliphatic rings. The van der Waals surface area contributed by atoms with E-state index >= 15 is 0 Å². The van der Waals surface area contributed by atoms with Gasteiger partial charge in [-0.15, -0.1) is 0 Å². The maximum Gasteiger partial charge on any atom is 0.407 e. The third-order valence-corrected chi connectivity index (χ3v) is 7.24. The van der Waals surface area contributed by atoms with E-state index in [4.69, 9.17) is 4.74 Å². The fourth-order valence-electron chi connectivity index (χ4n) is 5.27. The number of ether oxygens (including phenoxy) is 1. The summed E-state index contributed by atoms with van der Waals surface area (Å²) in [4.78, 5) is 36.0. The van der Waals surface area contributed by atoms with Crippen molar-refractivity contribution in [2.75, 3.05) is 13.2 Å². The van der Waals surface area contributed by atoms with E-state index in [-0.39, 0.29) is 36.3 Å². The Kier molecular flexibility index (Phi) is 8.06. The van der Waals surface area contributed by atoms with Crippen LogP contribution in [0.15, 0.2) is 48.5 Å². The van der Waals surface area contributed by atoms with Crippen LogP contribution in [0.2, 0.25) is 0 Å². The molecule has 0 radical (unpaired) electrons. The minimum absolute atomic E-state index is 0.0254. The fraction of sp³-hybridized carbons (Fsp3) is 0.464. The minimum Gasteiger partial charge on any atom is -0.481 e. The van der Waals surface area contributed by atoms with Gasteiger partial charge < -0.3 is 20.5 Å². The molecule has 0 aliphatic heterocycles. The van der Waals surface area contributed by atoms with Crippen molar-refractivity contribution in [3.63, 3.8) is 0 Å². The zero-order valence-corrected chi connectivity index (χ0v) is 20.2. The van der Waals surface area contributed by atoms with Crippen LogP contribution < -0.4 is 10.6 Å². The molecule has 186 valence electrons. The molecule has 2 aliphatic carbocycles. The summed E-state index contributed by atoms with van der Waals surface area (Å²) in [5, 5.41) is 15.0. The van der Waals surface area contributed by atoms with Crippen LogP contribution in [-0.2, 0) is 14.3 Å². The molecular formula is C28H34N2O5. The molecular weight excluding hydrogens is 444 g/mol. The number of carboxylic acids is 1. The minimum atomic E-state index is -0.781. The number of amides is 2. The predicted molar refractivity (Wildman–Crippen MR) is 133 cm³/mol. The van der Waals surface area contributed by atoms with E-state index in [1.54, 1.807) is 0 Å². The van der Waals surface area contributed by atoms with Gasteiger partial charge in [0.1, 0.15) is 6.61 Å². The van der Waals surface area contributed by atoms with Gasteiger partial charge in [0.2, 0.25) is 5.91 Å². The second-order valence-electron chi connectivity index (χ2n) is 9.70. The highest BCUT2D eigenvalue weighted by Gasteiger charge is 2.30. The first kappa shape index (κ1) is 24.8. The molecule has 7 nitrogen and oxygen atoms in total. The van der Waals surface area contributed by atoms with Crippen LogP contribution in [0.5, 0.6) is 0 Å². The SMILES string of the molecule is CC(CCCNC(=O)OCC1c2ccccc2-c2ccccc21)C(=O)NC1CCCC(C(=O)O)C1. The van der Waals surface area contributed by atoms with Gasteiger partial charge in [-0.05, 0) is 54.4 Å². The Balaban J connectivity index is 1.16. The van der Waals surface area contributed by atoms with Gasteiger partial charge in [-0.2, -0.15) is 0 Å². The number of hydrogen-bond acceptors (Lipinski definition) is 4. The molecule has 1 saturated carbocycles. The monoisotopic (exact) mass is 478 g/mol. The van der Waals surface area contributed by atoms with Crippen molar-refractivity contribution in [1.29, 1.82) is 0 Å². The normalized spacial score (nSPS) is 19.8. The molecule has 0 spiro atoms. The number of aliphatic carboxylic acids is 1. The van der Waals surface area contributed by atoms with Gasteiger partial charge in [0.05, 0.1) is 5.92 Å². The zero-order chi connectivity index (χ0) is 24.8. The van der Waals surface area contributed by atoms with Crippen molar-refractivity contribution in [2.24, 2.45) is 11.8 Å². The molecule has 2 aromatic rings. The Bertz CT molecular complexity index is 1020. The second kappa shape index (κ2) is 11.4. The topological polar surface area (TPSA) is 105 Å². The van der Waals surface area contributed by atoms with Crippen molar-refractivity contribution in [3.05, 3.63) is 59.7 Å². The molecule has 35 heavy (non-hydrogen) atoms. The summed E-state index contributed by atoms with van der Waals surface area (Å²) in [6.07, 6.45) is 3.65. The summed E-state index contributed by atoms with van der Waals surface area (Å²) in [5.41, 5.74) is 4.73. The standard InChI is InChI=1S/C28H34N2O5/c1-18(26(31)30-20-10-6-9-19(16-20)27(32)33)8-7-15-29-28(34)35-17-25-23-13-4-2-11-21(23)22-12-3-5-14-24(22)25/h2-5,11-14,18-20,25H,6-10,15-17H2,1H3,(H,29,34)(H,30,31)(H,32,33). The highest BCUT2D eigenvalue weighted by molar-refractivity contribution is 5.79. The average molecular weight is 479 g/mol. The number of nitrogens with one attached hydrogen (secondary N) is 2. The number of carbonyl (C=O) groups is 3. The van der Waals surface area contributed by atoms with E-state index in [1.165, 1.54) is 22.3 Å². The lowest BCUT2D eigenvalue weighted by molar-refractivity contribution is -0.143. The summed E-state index contributed by atoms with van der Waals surface area (Å²) < 4.78 is 5.55. The first-order valence-corrected chi connectivity index (χ1v) is 12.6. The average Bonchev–Trinajstić information content (AvgIpc) is 3.19. The predicted octanol–water partition coefficient (Wildman–Crippen LogP) is 4.70. The summed E-state index contributed by atoms with van der Waals surface area (Å²) in [6.45, 7) is 2.57.